The van der Waals surface area contributed by atoms with Crippen LogP contribution in [0.3, 0.4) is 0 Å². The highest BCUT2D eigenvalue weighted by Crippen LogP contribution is 2.27. The summed E-state index contributed by atoms with van der Waals surface area (Å²) in [5.74, 6) is -2.33. The molecule has 0 saturated heterocycles. The molecule has 0 saturated carbocycles. The van der Waals surface area contributed by atoms with Crippen molar-refractivity contribution in [3.8, 4) is 0 Å². The maximum Gasteiger partial charge on any atom is 0.338 e. The topological polar surface area (TPSA) is 128 Å². The molecular weight excluding hydrogens is 370 g/mol. The number of amides is 1. The second kappa shape index (κ2) is 10.2. The molecule has 0 aliphatic rings. The van der Waals surface area contributed by atoms with E-state index in [-0.39, 0.29) is 17.2 Å². The van der Waals surface area contributed by atoms with E-state index in [1.165, 1.54) is 19.2 Å². The molecule has 1 aromatic rings. The molecule has 0 aliphatic carbocycles. The average molecular weight is 395 g/mol. The number of ether oxygens (including phenoxy) is 2. The smallest absolute Gasteiger partial charge is 0.338 e. The molecule has 2 atom stereocenters. The molecule has 10 nitrogen and oxygen atoms in total. The van der Waals surface area contributed by atoms with Crippen LogP contribution >= 0.6 is 0 Å². The van der Waals surface area contributed by atoms with Gasteiger partial charge in [0.2, 0.25) is 0 Å². The van der Waals surface area contributed by atoms with Crippen molar-refractivity contribution in [2.45, 2.75) is 26.3 Å². The number of methoxy groups -OCH3 is 1. The highest BCUT2D eigenvalue weighted by atomic mass is 16.6. The predicted molar refractivity (Wildman–Crippen MR) is 101 cm³/mol. The summed E-state index contributed by atoms with van der Waals surface area (Å²) in [4.78, 5) is 48.1. The fourth-order valence-corrected chi connectivity index (χ4v) is 2.40. The summed E-state index contributed by atoms with van der Waals surface area (Å²) in [5.41, 5.74) is 0.0109. The third-order valence-electron chi connectivity index (χ3n) is 4.21. The number of carbonyl (C=O) groups excluding carboxylic acids is 3. The van der Waals surface area contributed by atoms with Crippen LogP contribution in [0.15, 0.2) is 18.2 Å². The number of nitrogens with zero attached hydrogens (tertiary/aromatic N) is 2. The van der Waals surface area contributed by atoms with Crippen molar-refractivity contribution in [1.82, 2.24) is 5.32 Å². The van der Waals surface area contributed by atoms with Crippen LogP contribution in [0.4, 0.5) is 11.4 Å². The van der Waals surface area contributed by atoms with Crippen molar-refractivity contribution in [2.24, 2.45) is 5.92 Å². The number of carbonyl (C=O) groups is 3. The number of rotatable bonds is 9. The Balaban J connectivity index is 2.81. The summed E-state index contributed by atoms with van der Waals surface area (Å²) in [6.07, 6.45) is 0.627. The van der Waals surface area contributed by atoms with Gasteiger partial charge in [-0.25, -0.2) is 9.59 Å². The Hall–Kier alpha value is -3.17. The molecule has 0 aromatic heterocycles. The van der Waals surface area contributed by atoms with Gasteiger partial charge in [0.15, 0.2) is 6.61 Å². The van der Waals surface area contributed by atoms with Crippen molar-refractivity contribution >= 4 is 29.2 Å². The monoisotopic (exact) mass is 395 g/mol. The van der Waals surface area contributed by atoms with E-state index in [1.807, 2.05) is 6.92 Å². The molecule has 1 aromatic carbocycles. The van der Waals surface area contributed by atoms with Gasteiger partial charge in [-0.3, -0.25) is 14.9 Å². The standard InChI is InChI=1S/C18H25N3O7/c1-6-11(2)16(18(24)27-5)19-15(22)10-28-17(23)12-7-8-13(20(3)4)14(9-12)21(25)26/h7-9,11,16H,6,10H2,1-5H3,(H,19,22)/t11-,16+/m1/s1. The van der Waals surface area contributed by atoms with Gasteiger partial charge in [-0.15, -0.1) is 0 Å². The molecular formula is C18H25N3O7. The van der Waals surface area contributed by atoms with Crippen LogP contribution in [0.5, 0.6) is 0 Å². The Labute approximate surface area is 162 Å². The van der Waals surface area contributed by atoms with E-state index in [2.05, 4.69) is 10.1 Å². The van der Waals surface area contributed by atoms with Gasteiger partial charge >= 0.3 is 11.9 Å². The van der Waals surface area contributed by atoms with Gasteiger partial charge in [-0.1, -0.05) is 20.3 Å². The van der Waals surface area contributed by atoms with Gasteiger partial charge in [0, 0.05) is 20.2 Å². The van der Waals surface area contributed by atoms with Crippen molar-refractivity contribution in [1.29, 1.82) is 0 Å². The number of hydrogen-bond donors (Lipinski definition) is 1. The minimum Gasteiger partial charge on any atom is -0.467 e. The van der Waals surface area contributed by atoms with Crippen LogP contribution in [0.1, 0.15) is 30.6 Å². The molecule has 1 N–H and O–H groups in total. The lowest BCUT2D eigenvalue weighted by Crippen LogP contribution is -2.47. The second-order valence-corrected chi connectivity index (χ2v) is 6.39. The predicted octanol–water partition coefficient (Wildman–Crippen LogP) is 1.52. The molecule has 0 spiro atoms. The first-order valence-electron chi connectivity index (χ1n) is 8.62. The van der Waals surface area contributed by atoms with Crippen molar-refractivity contribution in [2.75, 3.05) is 32.7 Å². The number of anilines is 1. The van der Waals surface area contributed by atoms with E-state index < -0.39 is 35.4 Å². The first-order chi connectivity index (χ1) is 13.1. The summed E-state index contributed by atoms with van der Waals surface area (Å²) >= 11 is 0. The molecule has 0 heterocycles. The Morgan fingerprint density at radius 3 is 2.43 bits per heavy atom. The minimum atomic E-state index is -0.887. The van der Waals surface area contributed by atoms with Crippen LogP contribution in [-0.4, -0.2) is 56.6 Å². The van der Waals surface area contributed by atoms with Gasteiger partial charge in [0.25, 0.3) is 11.6 Å². The first-order valence-corrected chi connectivity index (χ1v) is 8.62. The fraction of sp³-hybridized carbons (Fsp3) is 0.500. The SMILES string of the molecule is CC[C@@H](C)[C@H](NC(=O)COC(=O)c1ccc(N(C)C)c([N+](=O)[O-])c1)C(=O)OC. The molecule has 0 unspecified atom stereocenters. The zero-order valence-corrected chi connectivity index (χ0v) is 16.6. The third-order valence-corrected chi connectivity index (χ3v) is 4.21. The normalized spacial score (nSPS) is 12.5. The Morgan fingerprint density at radius 2 is 1.93 bits per heavy atom. The van der Waals surface area contributed by atoms with Gasteiger partial charge < -0.3 is 19.7 Å². The average Bonchev–Trinajstić information content (AvgIpc) is 2.68. The van der Waals surface area contributed by atoms with E-state index in [0.717, 1.165) is 6.07 Å². The lowest BCUT2D eigenvalue weighted by molar-refractivity contribution is -0.384. The van der Waals surface area contributed by atoms with Gasteiger partial charge in [-0.05, 0) is 18.1 Å². The van der Waals surface area contributed by atoms with Crippen LogP contribution in [0.25, 0.3) is 0 Å². The molecule has 0 radical (unpaired) electrons. The number of esters is 2. The first kappa shape index (κ1) is 22.9. The lowest BCUT2D eigenvalue weighted by atomic mass is 9.99. The Bertz CT molecular complexity index is 749. The van der Waals surface area contributed by atoms with Crippen molar-refractivity contribution < 1.29 is 28.8 Å². The largest absolute Gasteiger partial charge is 0.467 e. The quantitative estimate of drug-likeness (QED) is 0.379. The van der Waals surface area contributed by atoms with Crippen molar-refractivity contribution in [3.63, 3.8) is 0 Å². The third kappa shape index (κ3) is 5.93. The summed E-state index contributed by atoms with van der Waals surface area (Å²) < 4.78 is 9.58. The molecule has 0 aliphatic heterocycles. The van der Waals surface area contributed by atoms with Gasteiger partial charge in [0.05, 0.1) is 17.6 Å². The van der Waals surface area contributed by atoms with E-state index >= 15 is 0 Å². The number of benzene rings is 1. The van der Waals surface area contributed by atoms with E-state index in [9.17, 15) is 24.5 Å². The molecule has 0 bridgehead atoms. The zero-order chi connectivity index (χ0) is 21.4. The molecule has 1 amide bonds. The van der Waals surface area contributed by atoms with Crippen LogP contribution in [-0.2, 0) is 19.1 Å². The number of nitro groups is 1. The molecule has 28 heavy (non-hydrogen) atoms. The molecule has 1 rings (SSSR count). The van der Waals surface area contributed by atoms with E-state index in [0.29, 0.717) is 12.1 Å². The number of nitrogens with one attached hydrogen (secondary N) is 1. The maximum absolute atomic E-state index is 12.1. The van der Waals surface area contributed by atoms with Crippen LogP contribution < -0.4 is 10.2 Å². The van der Waals surface area contributed by atoms with Crippen molar-refractivity contribution in [3.05, 3.63) is 33.9 Å². The van der Waals surface area contributed by atoms with Crippen LogP contribution in [0, 0.1) is 16.0 Å². The summed E-state index contributed by atoms with van der Waals surface area (Å²) in [6.45, 7) is 3.00. The van der Waals surface area contributed by atoms with Gasteiger partial charge in [0.1, 0.15) is 11.7 Å². The zero-order valence-electron chi connectivity index (χ0n) is 16.6. The summed E-state index contributed by atoms with van der Waals surface area (Å²) in [6, 6.07) is 3.03. The molecule has 0 fully saturated rings. The highest BCUT2D eigenvalue weighted by molar-refractivity contribution is 5.93. The maximum atomic E-state index is 12.1. The summed E-state index contributed by atoms with van der Waals surface area (Å²) in [5, 5.41) is 13.7. The molecule has 10 heteroatoms. The summed E-state index contributed by atoms with van der Waals surface area (Å²) in [7, 11) is 4.49. The Kier molecular flexibility index (Phi) is 8.36. The minimum absolute atomic E-state index is 0.0588. The van der Waals surface area contributed by atoms with Crippen LogP contribution in [0.2, 0.25) is 0 Å². The number of nitro benzene ring substituents is 1. The highest BCUT2D eigenvalue weighted by Gasteiger charge is 2.27. The number of hydrogen-bond acceptors (Lipinski definition) is 8. The molecule has 154 valence electrons. The second-order valence-electron chi connectivity index (χ2n) is 6.39. The van der Waals surface area contributed by atoms with E-state index in [4.69, 9.17) is 4.74 Å². The van der Waals surface area contributed by atoms with Gasteiger partial charge in [-0.2, -0.15) is 0 Å². The lowest BCUT2D eigenvalue weighted by Gasteiger charge is -2.21. The Morgan fingerprint density at radius 1 is 1.29 bits per heavy atom. The fourth-order valence-electron chi connectivity index (χ4n) is 2.40. The van der Waals surface area contributed by atoms with E-state index in [1.54, 1.807) is 25.9 Å².